The van der Waals surface area contributed by atoms with Crippen LogP contribution in [0.25, 0.3) is 0 Å². The zero-order valence-corrected chi connectivity index (χ0v) is 8.95. The summed E-state index contributed by atoms with van der Waals surface area (Å²) < 4.78 is 36.1. The smallest absolute Gasteiger partial charge is 0.366 e. The van der Waals surface area contributed by atoms with E-state index in [1.807, 2.05) is 0 Å². The van der Waals surface area contributed by atoms with E-state index >= 15 is 0 Å². The molecular formula is C9H11F3N4O. The molecule has 5 nitrogen and oxygen atoms in total. The maximum Gasteiger partial charge on any atom is 0.391 e. The molecule has 0 fully saturated rings. The summed E-state index contributed by atoms with van der Waals surface area (Å²) >= 11 is 0. The van der Waals surface area contributed by atoms with E-state index in [-0.39, 0.29) is 11.5 Å². The highest BCUT2D eigenvalue weighted by Gasteiger charge is 2.30. The van der Waals surface area contributed by atoms with Crippen molar-refractivity contribution < 1.29 is 18.0 Å². The van der Waals surface area contributed by atoms with Crippen molar-refractivity contribution in [2.75, 3.05) is 5.32 Å². The van der Waals surface area contributed by atoms with Crippen molar-refractivity contribution in [2.45, 2.75) is 25.6 Å². The normalized spacial score (nSPS) is 13.2. The molecule has 3 N–H and O–H groups in total. The lowest BCUT2D eigenvalue weighted by atomic mass is 10.2. The molecule has 1 amide bonds. The maximum absolute atomic E-state index is 12.0. The molecule has 8 heteroatoms. The van der Waals surface area contributed by atoms with E-state index in [0.717, 1.165) is 0 Å². The summed E-state index contributed by atoms with van der Waals surface area (Å²) in [6, 6.07) is 1.81. The molecule has 0 aliphatic carbocycles. The fourth-order valence-corrected chi connectivity index (χ4v) is 1.19. The van der Waals surface area contributed by atoms with Crippen LogP contribution in [-0.2, 0) is 0 Å². The van der Waals surface area contributed by atoms with Crippen molar-refractivity contribution in [1.82, 2.24) is 10.2 Å². The number of primary amides is 1. The SMILES string of the molecule is CC(CC(F)(F)F)Nc1ccc(C(N)=O)nn1. The number of rotatable bonds is 4. The van der Waals surface area contributed by atoms with Gasteiger partial charge in [-0.2, -0.15) is 13.2 Å². The predicted octanol–water partition coefficient (Wildman–Crippen LogP) is 1.33. The minimum absolute atomic E-state index is 0.0426. The summed E-state index contributed by atoms with van der Waals surface area (Å²) in [5, 5.41) is 9.52. The van der Waals surface area contributed by atoms with E-state index in [4.69, 9.17) is 5.73 Å². The number of nitrogens with one attached hydrogen (secondary N) is 1. The van der Waals surface area contributed by atoms with E-state index in [1.165, 1.54) is 19.1 Å². The van der Waals surface area contributed by atoms with Gasteiger partial charge in [-0.3, -0.25) is 4.79 Å². The molecule has 0 aliphatic heterocycles. The lowest BCUT2D eigenvalue weighted by molar-refractivity contribution is -0.136. The minimum atomic E-state index is -4.24. The summed E-state index contributed by atoms with van der Waals surface area (Å²) in [5.41, 5.74) is 4.90. The van der Waals surface area contributed by atoms with Crippen molar-refractivity contribution >= 4 is 11.7 Å². The number of nitrogens with two attached hydrogens (primary N) is 1. The Labute approximate surface area is 95.2 Å². The van der Waals surface area contributed by atoms with Crippen molar-refractivity contribution in [1.29, 1.82) is 0 Å². The van der Waals surface area contributed by atoms with Crippen LogP contribution in [0.4, 0.5) is 19.0 Å². The topological polar surface area (TPSA) is 80.9 Å². The molecule has 1 aromatic heterocycles. The average molecular weight is 248 g/mol. The van der Waals surface area contributed by atoms with Crippen LogP contribution in [0.15, 0.2) is 12.1 Å². The average Bonchev–Trinajstić information content (AvgIpc) is 2.15. The van der Waals surface area contributed by atoms with E-state index in [1.54, 1.807) is 0 Å². The molecule has 1 atom stereocenters. The van der Waals surface area contributed by atoms with Crippen LogP contribution >= 0.6 is 0 Å². The van der Waals surface area contributed by atoms with Crippen LogP contribution in [0.5, 0.6) is 0 Å². The van der Waals surface area contributed by atoms with Crippen LogP contribution in [0.1, 0.15) is 23.8 Å². The Morgan fingerprint density at radius 1 is 1.47 bits per heavy atom. The molecular weight excluding hydrogens is 237 g/mol. The fraction of sp³-hybridized carbons (Fsp3) is 0.444. The fourth-order valence-electron chi connectivity index (χ4n) is 1.19. The monoisotopic (exact) mass is 248 g/mol. The van der Waals surface area contributed by atoms with Gasteiger partial charge in [0.1, 0.15) is 5.82 Å². The predicted molar refractivity (Wildman–Crippen MR) is 54.3 cm³/mol. The van der Waals surface area contributed by atoms with Gasteiger partial charge in [-0.15, -0.1) is 10.2 Å². The Hall–Kier alpha value is -1.86. The second-order valence-electron chi connectivity index (χ2n) is 3.53. The number of halogens is 3. The lowest BCUT2D eigenvalue weighted by Gasteiger charge is -2.15. The van der Waals surface area contributed by atoms with Crippen LogP contribution in [0.3, 0.4) is 0 Å². The van der Waals surface area contributed by atoms with Crippen LogP contribution in [0, 0.1) is 0 Å². The van der Waals surface area contributed by atoms with E-state index in [2.05, 4.69) is 15.5 Å². The number of carbonyl (C=O) groups is 1. The second kappa shape index (κ2) is 4.98. The third-order valence-corrected chi connectivity index (χ3v) is 1.85. The molecule has 94 valence electrons. The molecule has 1 heterocycles. The Kier molecular flexibility index (Phi) is 3.87. The van der Waals surface area contributed by atoms with Gasteiger partial charge >= 0.3 is 6.18 Å². The van der Waals surface area contributed by atoms with Crippen molar-refractivity contribution in [2.24, 2.45) is 5.73 Å². The first kappa shape index (κ1) is 13.2. The largest absolute Gasteiger partial charge is 0.391 e. The summed E-state index contributed by atoms with van der Waals surface area (Å²) in [7, 11) is 0. The van der Waals surface area contributed by atoms with E-state index in [9.17, 15) is 18.0 Å². The second-order valence-corrected chi connectivity index (χ2v) is 3.53. The highest BCUT2D eigenvalue weighted by atomic mass is 19.4. The molecule has 0 aromatic carbocycles. The van der Waals surface area contributed by atoms with E-state index in [0.29, 0.717) is 0 Å². The number of carbonyl (C=O) groups excluding carboxylic acids is 1. The van der Waals surface area contributed by atoms with Gasteiger partial charge in [0, 0.05) is 6.04 Å². The first-order valence-electron chi connectivity index (χ1n) is 4.75. The molecule has 0 bridgehead atoms. The molecule has 0 saturated heterocycles. The van der Waals surface area contributed by atoms with Crippen LogP contribution in [-0.4, -0.2) is 28.3 Å². The van der Waals surface area contributed by atoms with Crippen molar-refractivity contribution in [3.8, 4) is 0 Å². The number of nitrogens with zero attached hydrogens (tertiary/aromatic N) is 2. The van der Waals surface area contributed by atoms with Gasteiger partial charge in [-0.1, -0.05) is 0 Å². The summed E-state index contributed by atoms with van der Waals surface area (Å²) in [4.78, 5) is 10.7. The molecule has 1 rings (SSSR count). The van der Waals surface area contributed by atoms with Gasteiger partial charge in [-0.05, 0) is 19.1 Å². The highest BCUT2D eigenvalue weighted by molar-refractivity contribution is 5.90. The van der Waals surface area contributed by atoms with Crippen LogP contribution in [0.2, 0.25) is 0 Å². The molecule has 1 unspecified atom stereocenters. The van der Waals surface area contributed by atoms with Crippen LogP contribution < -0.4 is 11.1 Å². The number of hydrogen-bond donors (Lipinski definition) is 2. The van der Waals surface area contributed by atoms with Crippen molar-refractivity contribution in [3.63, 3.8) is 0 Å². The third kappa shape index (κ3) is 4.66. The molecule has 0 spiro atoms. The van der Waals surface area contributed by atoms with Gasteiger partial charge in [0.2, 0.25) is 0 Å². The summed E-state index contributed by atoms with van der Waals surface area (Å²) in [6.07, 6.45) is -5.22. The highest BCUT2D eigenvalue weighted by Crippen LogP contribution is 2.22. The Bertz CT molecular complexity index is 390. The van der Waals surface area contributed by atoms with Crippen molar-refractivity contribution in [3.05, 3.63) is 17.8 Å². The Balaban J connectivity index is 2.60. The van der Waals surface area contributed by atoms with Gasteiger partial charge in [0.05, 0.1) is 6.42 Å². The third-order valence-electron chi connectivity index (χ3n) is 1.85. The first-order chi connectivity index (χ1) is 7.78. The number of hydrogen-bond acceptors (Lipinski definition) is 4. The Morgan fingerprint density at radius 2 is 2.12 bits per heavy atom. The number of amides is 1. The van der Waals surface area contributed by atoms with Gasteiger partial charge < -0.3 is 11.1 Å². The maximum atomic E-state index is 12.0. The Morgan fingerprint density at radius 3 is 2.53 bits per heavy atom. The number of anilines is 1. The lowest BCUT2D eigenvalue weighted by Crippen LogP contribution is -2.24. The van der Waals surface area contributed by atoms with Gasteiger partial charge in [0.25, 0.3) is 5.91 Å². The molecule has 0 saturated carbocycles. The summed E-state index contributed by atoms with van der Waals surface area (Å²) in [6.45, 7) is 1.37. The number of alkyl halides is 3. The van der Waals surface area contributed by atoms with E-state index < -0.39 is 24.5 Å². The molecule has 0 aliphatic rings. The zero-order valence-electron chi connectivity index (χ0n) is 8.95. The molecule has 1 aromatic rings. The first-order valence-corrected chi connectivity index (χ1v) is 4.75. The summed E-state index contributed by atoms with van der Waals surface area (Å²) in [5.74, 6) is -0.584. The zero-order chi connectivity index (χ0) is 13.1. The molecule has 0 radical (unpaired) electrons. The van der Waals surface area contributed by atoms with Gasteiger partial charge in [-0.25, -0.2) is 0 Å². The standard InChI is InChI=1S/C9H11F3N4O/c1-5(4-9(10,11)12)14-7-3-2-6(8(13)17)15-16-7/h2-3,5H,4H2,1H3,(H2,13,17)(H,14,16). The molecule has 17 heavy (non-hydrogen) atoms. The van der Waals surface area contributed by atoms with Gasteiger partial charge in [0.15, 0.2) is 5.69 Å². The minimum Gasteiger partial charge on any atom is -0.366 e. The number of aromatic nitrogens is 2. The quantitative estimate of drug-likeness (QED) is 0.842.